The van der Waals surface area contributed by atoms with E-state index in [2.05, 4.69) is 17.3 Å². The summed E-state index contributed by atoms with van der Waals surface area (Å²) in [5, 5.41) is 3.44. The van der Waals surface area contributed by atoms with E-state index >= 15 is 0 Å². The van der Waals surface area contributed by atoms with Gasteiger partial charge in [-0.1, -0.05) is 6.07 Å². The van der Waals surface area contributed by atoms with E-state index in [1.165, 1.54) is 4.31 Å². The Kier molecular flexibility index (Phi) is 4.67. The minimum absolute atomic E-state index is 0.334. The number of nitrogens with one attached hydrogen (secondary N) is 1. The predicted octanol–water partition coefficient (Wildman–Crippen LogP) is 1.44. The molecule has 0 atom stereocenters. The lowest BCUT2D eigenvalue weighted by Crippen LogP contribution is -2.36. The number of piperidine rings is 1. The van der Waals surface area contributed by atoms with Crippen molar-refractivity contribution in [2.24, 2.45) is 0 Å². The number of hydrogen-bond acceptors (Lipinski definition) is 4. The van der Waals surface area contributed by atoms with E-state index in [9.17, 15) is 8.42 Å². The maximum absolute atomic E-state index is 12.1. The zero-order valence-corrected chi connectivity index (χ0v) is 13.2. The summed E-state index contributed by atoms with van der Waals surface area (Å²) in [4.78, 5) is 2.64. The molecule has 1 N–H and O–H groups in total. The summed E-state index contributed by atoms with van der Waals surface area (Å²) in [6.45, 7) is 2.15. The number of likely N-dealkylation sites (tertiary alicyclic amines) is 1. The second kappa shape index (κ2) is 6.11. The summed E-state index contributed by atoms with van der Waals surface area (Å²) in [5.41, 5.74) is 0.877. The van der Waals surface area contributed by atoms with Crippen LogP contribution in [-0.4, -0.2) is 57.9 Å². The van der Waals surface area contributed by atoms with Gasteiger partial charge in [-0.3, -0.25) is 0 Å². The van der Waals surface area contributed by atoms with E-state index < -0.39 is 10.0 Å². The fourth-order valence-corrected chi connectivity index (χ4v) is 3.29. The molecule has 0 saturated carbocycles. The maximum Gasteiger partial charge on any atom is 0.242 e. The average Bonchev–Trinajstić information content (AvgIpc) is 2.41. The second-order valence-electron chi connectivity index (χ2n) is 5.54. The van der Waals surface area contributed by atoms with Crippen LogP contribution in [-0.2, 0) is 10.0 Å². The molecule has 1 fully saturated rings. The Balaban J connectivity index is 2.11. The SMILES string of the molecule is CN1CCC(Nc2cccc(S(=O)(=O)N(C)C)c2)CC1. The Bertz CT molecular complexity index is 549. The lowest BCUT2D eigenvalue weighted by molar-refractivity contribution is 0.264. The van der Waals surface area contributed by atoms with Gasteiger partial charge in [0.15, 0.2) is 0 Å². The minimum atomic E-state index is -3.36. The van der Waals surface area contributed by atoms with E-state index in [1.807, 2.05) is 6.07 Å². The van der Waals surface area contributed by atoms with Crippen LogP contribution in [0.1, 0.15) is 12.8 Å². The Morgan fingerprint density at radius 1 is 1.25 bits per heavy atom. The van der Waals surface area contributed by atoms with Crippen molar-refractivity contribution in [3.05, 3.63) is 24.3 Å². The zero-order chi connectivity index (χ0) is 14.8. The molecule has 20 heavy (non-hydrogen) atoms. The van der Waals surface area contributed by atoms with Gasteiger partial charge >= 0.3 is 0 Å². The molecule has 1 aromatic carbocycles. The van der Waals surface area contributed by atoms with Crippen molar-refractivity contribution < 1.29 is 8.42 Å². The van der Waals surface area contributed by atoms with Crippen molar-refractivity contribution in [1.82, 2.24) is 9.21 Å². The molecule has 1 aliphatic rings. The molecule has 0 aliphatic carbocycles. The Hall–Kier alpha value is -1.11. The summed E-state index contributed by atoms with van der Waals surface area (Å²) in [6, 6.07) is 7.48. The number of rotatable bonds is 4. The summed E-state index contributed by atoms with van der Waals surface area (Å²) in [7, 11) is 1.86. The first kappa shape index (κ1) is 15.3. The number of hydrogen-bond donors (Lipinski definition) is 1. The molecule has 6 heteroatoms. The van der Waals surface area contributed by atoms with Gasteiger partial charge in [0.1, 0.15) is 0 Å². The third-order valence-electron chi connectivity index (χ3n) is 3.70. The van der Waals surface area contributed by atoms with Crippen molar-refractivity contribution in [3.63, 3.8) is 0 Å². The van der Waals surface area contributed by atoms with Gasteiger partial charge in [-0.25, -0.2) is 12.7 Å². The van der Waals surface area contributed by atoms with Crippen molar-refractivity contribution in [1.29, 1.82) is 0 Å². The van der Waals surface area contributed by atoms with Gasteiger partial charge in [-0.05, 0) is 51.2 Å². The van der Waals surface area contributed by atoms with Crippen LogP contribution in [0.3, 0.4) is 0 Å². The van der Waals surface area contributed by atoms with E-state index in [0.717, 1.165) is 31.6 Å². The third-order valence-corrected chi connectivity index (χ3v) is 5.51. The summed E-state index contributed by atoms with van der Waals surface area (Å²) >= 11 is 0. The molecule has 112 valence electrons. The highest BCUT2D eigenvalue weighted by atomic mass is 32.2. The number of benzene rings is 1. The van der Waals surface area contributed by atoms with Crippen LogP contribution in [0.4, 0.5) is 5.69 Å². The molecular weight excluding hydrogens is 274 g/mol. The van der Waals surface area contributed by atoms with Crippen molar-refractivity contribution in [3.8, 4) is 0 Å². The average molecular weight is 297 g/mol. The minimum Gasteiger partial charge on any atom is -0.382 e. The normalized spacial score (nSPS) is 18.4. The van der Waals surface area contributed by atoms with E-state index in [0.29, 0.717) is 10.9 Å². The summed E-state index contributed by atoms with van der Waals surface area (Å²) in [5.74, 6) is 0. The molecule has 0 amide bonds. The monoisotopic (exact) mass is 297 g/mol. The molecule has 2 rings (SSSR count). The molecular formula is C14H23N3O2S. The molecule has 1 heterocycles. The smallest absolute Gasteiger partial charge is 0.242 e. The number of anilines is 1. The predicted molar refractivity (Wildman–Crippen MR) is 81.5 cm³/mol. The van der Waals surface area contributed by atoms with Gasteiger partial charge < -0.3 is 10.2 Å². The standard InChI is InChI=1S/C14H23N3O2S/c1-16(2)20(18,19)14-6-4-5-13(11-14)15-12-7-9-17(3)10-8-12/h4-6,11-12,15H,7-10H2,1-3H3. The van der Waals surface area contributed by atoms with Crippen molar-refractivity contribution >= 4 is 15.7 Å². The first-order valence-corrected chi connectivity index (χ1v) is 8.31. The van der Waals surface area contributed by atoms with Gasteiger partial charge in [0.05, 0.1) is 4.90 Å². The van der Waals surface area contributed by atoms with Crippen molar-refractivity contribution in [2.75, 3.05) is 39.5 Å². The van der Waals surface area contributed by atoms with Gasteiger partial charge in [0, 0.05) is 25.8 Å². The second-order valence-corrected chi connectivity index (χ2v) is 7.69. The number of nitrogens with zero attached hydrogens (tertiary/aromatic N) is 2. The van der Waals surface area contributed by atoms with Crippen LogP contribution >= 0.6 is 0 Å². The largest absolute Gasteiger partial charge is 0.382 e. The molecule has 0 aromatic heterocycles. The quantitative estimate of drug-likeness (QED) is 0.914. The fraction of sp³-hybridized carbons (Fsp3) is 0.571. The highest BCUT2D eigenvalue weighted by Gasteiger charge is 2.19. The molecule has 1 saturated heterocycles. The van der Waals surface area contributed by atoms with Crippen LogP contribution in [0.15, 0.2) is 29.2 Å². The lowest BCUT2D eigenvalue weighted by Gasteiger charge is -2.30. The Labute approximate surface area is 121 Å². The van der Waals surface area contributed by atoms with Crippen molar-refractivity contribution in [2.45, 2.75) is 23.8 Å². The third kappa shape index (κ3) is 3.50. The topological polar surface area (TPSA) is 52.7 Å². The van der Waals surface area contributed by atoms with Gasteiger partial charge in [-0.15, -0.1) is 0 Å². The van der Waals surface area contributed by atoms with E-state index in [-0.39, 0.29) is 0 Å². The highest BCUT2D eigenvalue weighted by Crippen LogP contribution is 2.20. The number of sulfonamides is 1. The van der Waals surface area contributed by atoms with Gasteiger partial charge in [-0.2, -0.15) is 0 Å². The van der Waals surface area contributed by atoms with Crippen LogP contribution in [0.25, 0.3) is 0 Å². The molecule has 0 spiro atoms. The molecule has 0 unspecified atom stereocenters. The maximum atomic E-state index is 12.1. The van der Waals surface area contributed by atoms with E-state index in [1.54, 1.807) is 32.3 Å². The summed E-state index contributed by atoms with van der Waals surface area (Å²) in [6.07, 6.45) is 2.17. The van der Waals surface area contributed by atoms with Gasteiger partial charge in [0.25, 0.3) is 0 Å². The molecule has 0 bridgehead atoms. The molecule has 1 aliphatic heterocycles. The summed E-state index contributed by atoms with van der Waals surface area (Å²) < 4.78 is 25.5. The zero-order valence-electron chi connectivity index (χ0n) is 12.3. The Morgan fingerprint density at radius 2 is 1.90 bits per heavy atom. The first-order chi connectivity index (χ1) is 9.39. The van der Waals surface area contributed by atoms with Gasteiger partial charge in [0.2, 0.25) is 10.0 Å². The first-order valence-electron chi connectivity index (χ1n) is 6.87. The highest BCUT2D eigenvalue weighted by molar-refractivity contribution is 7.89. The fourth-order valence-electron chi connectivity index (χ4n) is 2.35. The van der Waals surface area contributed by atoms with Crippen LogP contribution in [0, 0.1) is 0 Å². The molecule has 0 radical (unpaired) electrons. The lowest BCUT2D eigenvalue weighted by atomic mass is 10.1. The molecule has 1 aromatic rings. The molecule has 5 nitrogen and oxygen atoms in total. The van der Waals surface area contributed by atoms with Crippen LogP contribution in [0.2, 0.25) is 0 Å². The van der Waals surface area contributed by atoms with Crippen LogP contribution in [0.5, 0.6) is 0 Å². The van der Waals surface area contributed by atoms with Crippen LogP contribution < -0.4 is 5.32 Å². The van der Waals surface area contributed by atoms with E-state index in [4.69, 9.17) is 0 Å². The Morgan fingerprint density at radius 3 is 2.50 bits per heavy atom.